The summed E-state index contributed by atoms with van der Waals surface area (Å²) in [4.78, 5) is 20.9. The molecule has 0 N–H and O–H groups in total. The molecule has 1 amide bonds. The Morgan fingerprint density at radius 1 is 1.25 bits per heavy atom. The number of thiazole rings is 1. The van der Waals surface area contributed by atoms with Gasteiger partial charge in [-0.15, -0.1) is 22.7 Å². The van der Waals surface area contributed by atoms with Gasteiger partial charge in [0, 0.05) is 37.8 Å². The zero-order valence-corrected chi connectivity index (χ0v) is 15.2. The lowest BCUT2D eigenvalue weighted by Gasteiger charge is -2.34. The maximum atomic E-state index is 12.5. The van der Waals surface area contributed by atoms with E-state index in [2.05, 4.69) is 41.7 Å². The van der Waals surface area contributed by atoms with Crippen LogP contribution in [0.25, 0.3) is 0 Å². The van der Waals surface area contributed by atoms with E-state index in [1.807, 2.05) is 22.5 Å². The highest BCUT2D eigenvalue weighted by Crippen LogP contribution is 2.33. The maximum absolute atomic E-state index is 12.5. The van der Waals surface area contributed by atoms with E-state index < -0.39 is 0 Å². The Bertz CT molecular complexity index is 606. The first-order valence-electron chi connectivity index (χ1n) is 6.03. The molecule has 106 valence electrons. The average Bonchev–Trinajstić information content (AvgIpc) is 3.08. The van der Waals surface area contributed by atoms with Crippen molar-refractivity contribution in [3.63, 3.8) is 0 Å². The summed E-state index contributed by atoms with van der Waals surface area (Å²) in [7, 11) is 0. The van der Waals surface area contributed by atoms with E-state index >= 15 is 0 Å². The Hall–Kier alpha value is -0.440. The van der Waals surface area contributed by atoms with E-state index in [4.69, 9.17) is 0 Å². The second-order valence-electron chi connectivity index (χ2n) is 4.33. The van der Waals surface area contributed by atoms with Crippen LogP contribution in [0, 0.1) is 0 Å². The van der Waals surface area contributed by atoms with Gasteiger partial charge in [0.2, 0.25) is 0 Å². The first kappa shape index (κ1) is 14.5. The monoisotopic (exact) mass is 435 g/mol. The second kappa shape index (κ2) is 6.13. The van der Waals surface area contributed by atoms with Crippen molar-refractivity contribution in [1.29, 1.82) is 0 Å². The zero-order chi connectivity index (χ0) is 14.1. The molecule has 0 saturated carbocycles. The quantitative estimate of drug-likeness (QED) is 0.720. The summed E-state index contributed by atoms with van der Waals surface area (Å²) in [6.07, 6.45) is 1.82. The third-order valence-corrected chi connectivity index (χ3v) is 6.32. The van der Waals surface area contributed by atoms with Gasteiger partial charge < -0.3 is 9.80 Å². The summed E-state index contributed by atoms with van der Waals surface area (Å²) < 4.78 is 1.85. The lowest BCUT2D eigenvalue weighted by molar-refractivity contribution is 0.0746. The Morgan fingerprint density at radius 3 is 2.55 bits per heavy atom. The molecule has 0 atom stereocenters. The van der Waals surface area contributed by atoms with E-state index in [9.17, 15) is 4.79 Å². The Kier molecular flexibility index (Phi) is 4.44. The van der Waals surface area contributed by atoms with Crippen molar-refractivity contribution in [3.8, 4) is 0 Å². The van der Waals surface area contributed by atoms with Crippen molar-refractivity contribution in [2.75, 3.05) is 31.1 Å². The number of hydrogen-bond donors (Lipinski definition) is 0. The summed E-state index contributed by atoms with van der Waals surface area (Å²) in [6.45, 7) is 3.14. The van der Waals surface area contributed by atoms with Crippen LogP contribution in [0.3, 0.4) is 0 Å². The predicted octanol–water partition coefficient (Wildman–Crippen LogP) is 3.69. The van der Waals surface area contributed by atoms with Gasteiger partial charge in [-0.1, -0.05) is 0 Å². The molecule has 0 spiro atoms. The van der Waals surface area contributed by atoms with Crippen LogP contribution in [0.1, 0.15) is 10.4 Å². The lowest BCUT2D eigenvalue weighted by Crippen LogP contribution is -2.48. The molecule has 8 heteroatoms. The first-order valence-corrected chi connectivity index (χ1v) is 9.32. The number of anilines is 1. The number of carbonyl (C=O) groups is 1. The van der Waals surface area contributed by atoms with Gasteiger partial charge in [-0.05, 0) is 37.9 Å². The van der Waals surface area contributed by atoms with E-state index in [0.29, 0.717) is 0 Å². The van der Waals surface area contributed by atoms with Crippen molar-refractivity contribution in [1.82, 2.24) is 9.88 Å². The molecule has 1 saturated heterocycles. The smallest absolute Gasteiger partial charge is 0.256 e. The summed E-state index contributed by atoms with van der Waals surface area (Å²) in [5.41, 5.74) is 0.740. The largest absolute Gasteiger partial charge is 0.345 e. The molecule has 0 aliphatic carbocycles. The number of thiophene rings is 1. The van der Waals surface area contributed by atoms with Crippen LogP contribution in [0.2, 0.25) is 0 Å². The molecule has 1 aliphatic heterocycles. The molecule has 4 nitrogen and oxygen atoms in total. The highest BCUT2D eigenvalue weighted by Gasteiger charge is 2.25. The number of aromatic nitrogens is 1. The van der Waals surface area contributed by atoms with Gasteiger partial charge in [0.25, 0.3) is 5.91 Å². The maximum Gasteiger partial charge on any atom is 0.256 e. The van der Waals surface area contributed by atoms with Gasteiger partial charge >= 0.3 is 0 Å². The Morgan fingerprint density at radius 2 is 2.00 bits per heavy atom. The van der Waals surface area contributed by atoms with Crippen LogP contribution < -0.4 is 4.90 Å². The SMILES string of the molecule is O=C(c1cc(Br)sc1Br)N1CCN(c2nccs2)CC1. The molecule has 0 aromatic carbocycles. The number of hydrogen-bond acceptors (Lipinski definition) is 5. The lowest BCUT2D eigenvalue weighted by atomic mass is 10.2. The Labute approximate surface area is 141 Å². The molecular weight excluding hydrogens is 426 g/mol. The molecule has 0 radical (unpaired) electrons. The van der Waals surface area contributed by atoms with Gasteiger partial charge in [0.15, 0.2) is 5.13 Å². The number of halogens is 2. The van der Waals surface area contributed by atoms with E-state index in [-0.39, 0.29) is 5.91 Å². The molecule has 0 bridgehead atoms. The van der Waals surface area contributed by atoms with Crippen LogP contribution >= 0.6 is 54.5 Å². The molecule has 20 heavy (non-hydrogen) atoms. The number of piperazine rings is 1. The fourth-order valence-electron chi connectivity index (χ4n) is 2.13. The summed E-state index contributed by atoms with van der Waals surface area (Å²) >= 11 is 10.0. The van der Waals surface area contributed by atoms with Crippen molar-refractivity contribution < 1.29 is 4.79 Å². The van der Waals surface area contributed by atoms with E-state index in [1.54, 1.807) is 11.3 Å². The second-order valence-corrected chi connectivity index (χ2v) is 8.95. The third-order valence-electron chi connectivity index (χ3n) is 3.14. The first-order chi connectivity index (χ1) is 9.65. The van der Waals surface area contributed by atoms with Crippen LogP contribution in [-0.4, -0.2) is 42.0 Å². The predicted molar refractivity (Wildman–Crippen MR) is 89.9 cm³/mol. The number of amides is 1. The highest BCUT2D eigenvalue weighted by molar-refractivity contribution is 9.12. The number of rotatable bonds is 2. The molecular formula is C12H11Br2N3OS2. The van der Waals surface area contributed by atoms with Gasteiger partial charge in [-0.25, -0.2) is 4.98 Å². The van der Waals surface area contributed by atoms with Gasteiger partial charge in [-0.2, -0.15) is 0 Å². The van der Waals surface area contributed by atoms with Crippen LogP contribution in [0.15, 0.2) is 25.2 Å². The molecule has 0 unspecified atom stereocenters. The van der Waals surface area contributed by atoms with Gasteiger partial charge in [0.1, 0.15) is 0 Å². The summed E-state index contributed by atoms with van der Waals surface area (Å²) in [6, 6.07) is 1.88. The van der Waals surface area contributed by atoms with Crippen LogP contribution in [0.4, 0.5) is 5.13 Å². The van der Waals surface area contributed by atoms with Crippen molar-refractivity contribution in [2.24, 2.45) is 0 Å². The minimum Gasteiger partial charge on any atom is -0.345 e. The van der Waals surface area contributed by atoms with Crippen molar-refractivity contribution in [2.45, 2.75) is 0 Å². The van der Waals surface area contributed by atoms with Crippen molar-refractivity contribution >= 4 is 65.6 Å². The van der Waals surface area contributed by atoms with Crippen molar-refractivity contribution in [3.05, 3.63) is 30.8 Å². The van der Waals surface area contributed by atoms with E-state index in [0.717, 1.165) is 44.4 Å². The van der Waals surface area contributed by atoms with Crippen LogP contribution in [-0.2, 0) is 0 Å². The standard InChI is InChI=1S/C12H11Br2N3OS2/c13-9-7-8(10(14)20-9)11(18)16-2-4-17(5-3-16)12-15-1-6-19-12/h1,6-7H,2-5H2. The number of carbonyl (C=O) groups excluding carboxylic acids is 1. The molecule has 3 rings (SSSR count). The highest BCUT2D eigenvalue weighted by atomic mass is 79.9. The third kappa shape index (κ3) is 2.93. The average molecular weight is 437 g/mol. The number of nitrogens with zero attached hydrogens (tertiary/aromatic N) is 3. The molecule has 3 heterocycles. The summed E-state index contributed by atoms with van der Waals surface area (Å²) in [5, 5.41) is 3.02. The normalized spacial score (nSPS) is 15.7. The van der Waals surface area contributed by atoms with E-state index in [1.165, 1.54) is 11.3 Å². The minimum atomic E-state index is 0.0950. The minimum absolute atomic E-state index is 0.0950. The van der Waals surface area contributed by atoms with Gasteiger partial charge in [-0.3, -0.25) is 4.79 Å². The zero-order valence-electron chi connectivity index (χ0n) is 10.4. The Balaban J connectivity index is 1.66. The topological polar surface area (TPSA) is 36.4 Å². The fourth-order valence-corrected chi connectivity index (χ4v) is 5.60. The van der Waals surface area contributed by atoms with Crippen LogP contribution in [0.5, 0.6) is 0 Å². The molecule has 1 aliphatic rings. The summed E-state index contributed by atoms with van der Waals surface area (Å²) in [5.74, 6) is 0.0950. The molecule has 1 fully saturated rings. The van der Waals surface area contributed by atoms with Gasteiger partial charge in [0.05, 0.1) is 13.1 Å². The molecule has 2 aromatic heterocycles. The molecule has 2 aromatic rings. The fraction of sp³-hybridized carbons (Fsp3) is 0.333.